The number of methoxy groups -OCH3 is 1. The number of aliphatic hydroxyl groups excluding tert-OH is 1. The molecule has 0 amide bonds. The molecule has 1 atom stereocenters. The number of aromatic nitrogens is 4. The number of ether oxygens (including phenoxy) is 6. The van der Waals surface area contributed by atoms with Gasteiger partial charge >= 0.3 is 11.4 Å². The van der Waals surface area contributed by atoms with Gasteiger partial charge in [0, 0.05) is 103 Å². The Morgan fingerprint density at radius 1 is 0.544 bits per heavy atom. The van der Waals surface area contributed by atoms with E-state index in [2.05, 4.69) is 83.4 Å². The average Bonchev–Trinajstić information content (AvgIpc) is 0.778. The third-order valence-corrected chi connectivity index (χ3v) is 20.7. The standard InChI is InChI=1S/C15H21FN2OSi.C12H9BrClFN2O2.C12H11ClFN3O.C10H12FIN2O.C10H11FN2O3.C10H13FN2O.C6H3BrFNO2.CH4/c1-20(2,3)11-6-12-4-5-13(14(16)15(12)17)18-7-9-19-10-8-18;1-19-11-3-2-10(16-17-11)12(18)6-4-7(13)9(15)5-8(6)14;13-9-7-15-16-12-8(9)1-2-10(11(12)14)17-3-5-18-6-4-17;11-9-8(2-1-7(12)10(9)13)14-3-5-15-6-4-14;11-10-8(12-4-6-16-7-5-12)2-1-3-9(10)13(14)15;11-10-8(12)2-1-3-9(10)13-4-6-14-7-5-13;7-4-2-1-3-5(6(4)8)9(10)11;/h4-5H,7-10,17H2,1-3H3;2-5,12,18H,1H3;1-2,7H,3-6H2;1-2H,3-6,13H2;1-3H,4-7H2;1-3H,4-7,12H2;1-3H;1H4. The SMILES string of the molecule is C.COc1ccc(C(O)c2cc(Br)c(F)cc2Cl)nn1.C[Si](C)(C)C#Cc1ccc(N2CCOCC2)c(F)c1N.Fc1c(N2CCOCC2)ccc2c(Cl)cnnc12.Nc1c(I)ccc(N2CCOCC2)c1F.Nc1cccc(N2CCOCC2)c1F.O=[N+]([O-])c1cccc(Br)c1F.O=[N+]([O-])c1cccc(N2CCOCC2)c1F. The molecule has 5 saturated heterocycles. The van der Waals surface area contributed by atoms with Crippen LogP contribution in [0.2, 0.25) is 29.7 Å². The number of anilines is 8. The normalized spacial score (nSPS) is 14.9. The second-order valence-corrected chi connectivity index (χ2v) is 34.1. The number of morpholine rings is 5. The number of nitrogen functional groups attached to an aromatic ring is 3. The van der Waals surface area contributed by atoms with Crippen LogP contribution in [-0.4, -0.2) is 182 Å². The van der Waals surface area contributed by atoms with Crippen LogP contribution in [-0.2, 0) is 23.7 Å². The van der Waals surface area contributed by atoms with Gasteiger partial charge in [0.15, 0.2) is 23.3 Å². The van der Waals surface area contributed by atoms with Gasteiger partial charge in [-0.2, -0.15) is 13.9 Å². The first-order valence-corrected chi connectivity index (χ1v) is 41.7. The van der Waals surface area contributed by atoms with E-state index in [-0.39, 0.29) is 72.9 Å². The van der Waals surface area contributed by atoms with Gasteiger partial charge in [-0.25, -0.2) is 22.0 Å². The van der Waals surface area contributed by atoms with Gasteiger partial charge in [-0.3, -0.25) is 20.2 Å². The van der Waals surface area contributed by atoms with Crippen LogP contribution in [0.1, 0.15) is 30.4 Å². The molecule has 25 nitrogen and oxygen atoms in total. The number of hydrogen-bond donors (Lipinski definition) is 4. The second-order valence-electron chi connectivity index (χ2n) is 25.7. The lowest BCUT2D eigenvalue weighted by Gasteiger charge is -2.29. The summed E-state index contributed by atoms with van der Waals surface area (Å²) in [6.07, 6.45) is 0.320. The number of rotatable bonds is 10. The highest BCUT2D eigenvalue weighted by atomic mass is 127. The zero-order chi connectivity index (χ0) is 82.1. The fourth-order valence-electron chi connectivity index (χ4n) is 11.1. The molecule has 9 aromatic rings. The highest BCUT2D eigenvalue weighted by Crippen LogP contribution is 2.36. The molecule has 0 spiro atoms. The first-order valence-electron chi connectivity index (χ1n) is 34.8. The van der Waals surface area contributed by atoms with Gasteiger partial charge in [0.2, 0.25) is 17.5 Å². The molecular weight excluding hydrogens is 1800 g/mol. The van der Waals surface area contributed by atoms with E-state index in [0.29, 0.717) is 161 Å². The van der Waals surface area contributed by atoms with Gasteiger partial charge < -0.3 is 75.2 Å². The molecule has 7 N–H and O–H groups in total. The van der Waals surface area contributed by atoms with E-state index in [1.165, 1.54) is 43.6 Å². The van der Waals surface area contributed by atoms with Crippen LogP contribution in [0.25, 0.3) is 10.9 Å². The van der Waals surface area contributed by atoms with E-state index in [1.807, 2.05) is 54.3 Å². The number of halogens is 12. The Morgan fingerprint density at radius 2 is 0.982 bits per heavy atom. The van der Waals surface area contributed by atoms with Crippen molar-refractivity contribution in [1.29, 1.82) is 0 Å². The van der Waals surface area contributed by atoms with Crippen molar-refractivity contribution in [2.45, 2.75) is 33.2 Å². The molecule has 612 valence electrons. The van der Waals surface area contributed by atoms with E-state index in [9.17, 15) is 56.1 Å². The molecule has 7 aromatic carbocycles. The largest absolute Gasteiger partial charge is 0.480 e. The number of aliphatic hydroxyl groups is 1. The summed E-state index contributed by atoms with van der Waals surface area (Å²) < 4.78 is 128. The van der Waals surface area contributed by atoms with Crippen molar-refractivity contribution >= 4 is 154 Å². The number of nitrogens with two attached hydrogens (primary N) is 3. The summed E-state index contributed by atoms with van der Waals surface area (Å²) in [7, 11) is -0.0259. The lowest BCUT2D eigenvalue weighted by atomic mass is 10.1. The van der Waals surface area contributed by atoms with Crippen molar-refractivity contribution in [2.24, 2.45) is 0 Å². The molecule has 14 rings (SSSR count). The molecule has 5 fully saturated rings. The summed E-state index contributed by atoms with van der Waals surface area (Å²) in [4.78, 5) is 28.8. The molecule has 5 aliphatic rings. The average molecular weight is 1890 g/mol. The molecule has 7 heterocycles. The van der Waals surface area contributed by atoms with E-state index < -0.39 is 52.9 Å². The van der Waals surface area contributed by atoms with Crippen molar-refractivity contribution in [3.8, 4) is 17.3 Å². The van der Waals surface area contributed by atoms with Crippen molar-refractivity contribution in [3.05, 3.63) is 222 Å². The van der Waals surface area contributed by atoms with E-state index >= 15 is 0 Å². The van der Waals surface area contributed by atoms with Crippen LogP contribution < -0.4 is 46.4 Å². The van der Waals surface area contributed by atoms with E-state index in [1.54, 1.807) is 65.6 Å². The number of nitrogens with zero attached hydrogens (tertiary/aromatic N) is 11. The maximum Gasteiger partial charge on any atom is 0.306 e. The summed E-state index contributed by atoms with van der Waals surface area (Å²) >= 11 is 19.8. The fourth-order valence-corrected chi connectivity index (χ4v) is 13.2. The predicted octanol–water partition coefficient (Wildman–Crippen LogP) is 15.7. The highest BCUT2D eigenvalue weighted by molar-refractivity contribution is 14.1. The predicted molar refractivity (Wildman–Crippen MR) is 447 cm³/mol. The van der Waals surface area contributed by atoms with Gasteiger partial charge in [0.25, 0.3) is 0 Å². The molecule has 5 aliphatic heterocycles. The van der Waals surface area contributed by atoms with Crippen molar-refractivity contribution in [2.75, 3.05) is 180 Å². The topological polar surface area (TPSA) is 308 Å². The Balaban J connectivity index is 0.000000185. The Morgan fingerprint density at radius 3 is 1.45 bits per heavy atom. The van der Waals surface area contributed by atoms with E-state index in [0.717, 1.165) is 41.9 Å². The minimum atomic E-state index is -1.49. The van der Waals surface area contributed by atoms with Gasteiger partial charge in [-0.15, -0.1) is 20.8 Å². The zero-order valence-corrected chi connectivity index (χ0v) is 69.3. The third kappa shape index (κ3) is 25.9. The number of nitro benzene ring substituents is 2. The van der Waals surface area contributed by atoms with Crippen LogP contribution in [0.3, 0.4) is 0 Å². The first-order chi connectivity index (χ1) is 54.0. The molecule has 0 aliphatic carbocycles. The molecule has 0 saturated carbocycles. The van der Waals surface area contributed by atoms with Gasteiger partial charge in [-0.1, -0.05) is 74.4 Å². The minimum Gasteiger partial charge on any atom is -0.480 e. The lowest BCUT2D eigenvalue weighted by Crippen LogP contribution is -2.36. The number of hydrogen-bond acceptors (Lipinski definition) is 23. The summed E-state index contributed by atoms with van der Waals surface area (Å²) in [6, 6.07) is 29.6. The maximum absolute atomic E-state index is 14.4. The number of nitro groups is 2. The van der Waals surface area contributed by atoms with Crippen LogP contribution in [0.4, 0.5) is 87.6 Å². The van der Waals surface area contributed by atoms with Crippen LogP contribution in [0.5, 0.6) is 5.88 Å². The highest BCUT2D eigenvalue weighted by Gasteiger charge is 2.26. The molecule has 2 aromatic heterocycles. The van der Waals surface area contributed by atoms with Crippen molar-refractivity contribution in [1.82, 2.24) is 20.4 Å². The Hall–Kier alpha value is -8.72. The maximum atomic E-state index is 14.4. The molecule has 38 heteroatoms. The minimum absolute atomic E-state index is 0. The molecule has 0 radical (unpaired) electrons. The van der Waals surface area contributed by atoms with Gasteiger partial charge in [-0.05, 0) is 133 Å². The molecule has 1 unspecified atom stereocenters. The van der Waals surface area contributed by atoms with Gasteiger partial charge in [0.1, 0.15) is 25.5 Å². The van der Waals surface area contributed by atoms with Crippen LogP contribution >= 0.6 is 77.7 Å². The van der Waals surface area contributed by atoms with E-state index in [4.69, 9.17) is 68.8 Å². The van der Waals surface area contributed by atoms with Crippen molar-refractivity contribution in [3.63, 3.8) is 0 Å². The first kappa shape index (κ1) is 92.4. The second kappa shape index (κ2) is 45.0. The Labute approximate surface area is 695 Å². The van der Waals surface area contributed by atoms with Crippen molar-refractivity contribution < 1.29 is 74.1 Å². The monoisotopic (exact) mass is 1880 g/mol. The quantitative estimate of drug-likeness (QED) is 0.0144. The number of benzene rings is 7. The van der Waals surface area contributed by atoms with Crippen LogP contribution in [0, 0.1) is 76.0 Å². The summed E-state index contributed by atoms with van der Waals surface area (Å²) in [5, 5.41) is 47.1. The van der Waals surface area contributed by atoms with Gasteiger partial charge in [0.05, 0.1) is 160 Å². The smallest absolute Gasteiger partial charge is 0.306 e. The Kier molecular flexibility index (Phi) is 36.5. The Bertz CT molecular complexity index is 4780. The number of fused-ring (bicyclic) bond motifs is 1. The summed E-state index contributed by atoms with van der Waals surface area (Å²) in [5.74, 6) is -0.118. The molecule has 0 bridgehead atoms. The third-order valence-electron chi connectivity index (χ3n) is 17.1. The molecule has 114 heavy (non-hydrogen) atoms. The summed E-state index contributed by atoms with van der Waals surface area (Å²) in [6.45, 7) is 19.2. The van der Waals surface area contributed by atoms with Crippen LogP contribution in [0.15, 0.2) is 130 Å². The summed E-state index contributed by atoms with van der Waals surface area (Å²) in [5.41, 5.74) is 23.8. The molecular formula is C76H84Br2Cl2F7IN14O11Si. The lowest BCUT2D eigenvalue weighted by molar-refractivity contribution is -0.387. The zero-order valence-electron chi connectivity index (χ0n) is 61.5. The fraction of sp³-hybridized carbons (Fsp3) is 0.342.